The smallest absolute Gasteiger partial charge is 0.414 e. The van der Waals surface area contributed by atoms with Crippen LogP contribution in [0.1, 0.15) is 29.5 Å². The van der Waals surface area contributed by atoms with Crippen molar-refractivity contribution in [1.82, 2.24) is 4.90 Å². The molecule has 2 aliphatic rings. The van der Waals surface area contributed by atoms with Crippen LogP contribution in [-0.4, -0.2) is 17.5 Å². The molecule has 1 saturated carbocycles. The zero-order valence-electron chi connectivity index (χ0n) is 17.1. The van der Waals surface area contributed by atoms with Crippen LogP contribution in [0.3, 0.4) is 0 Å². The van der Waals surface area contributed by atoms with Gasteiger partial charge >= 0.3 is 6.09 Å². The summed E-state index contributed by atoms with van der Waals surface area (Å²) in [7, 11) is 0. The highest BCUT2D eigenvalue weighted by Gasteiger charge is 2.74. The zero-order chi connectivity index (χ0) is 20.6. The van der Waals surface area contributed by atoms with Gasteiger partial charge in [-0.3, -0.25) is 4.90 Å². The van der Waals surface area contributed by atoms with Crippen LogP contribution in [0.4, 0.5) is 4.79 Å². The highest BCUT2D eigenvalue weighted by molar-refractivity contribution is 5.71. The Balaban J connectivity index is 1.43. The molecular weight excluding hydrogens is 370 g/mol. The van der Waals surface area contributed by atoms with E-state index in [4.69, 9.17) is 4.74 Å². The van der Waals surface area contributed by atoms with Gasteiger partial charge in [-0.15, -0.1) is 0 Å². The molecule has 1 heterocycles. The molecule has 30 heavy (non-hydrogen) atoms. The van der Waals surface area contributed by atoms with Crippen molar-refractivity contribution in [3.63, 3.8) is 0 Å². The fraction of sp³-hybridized carbons (Fsp3) is 0.222. The van der Waals surface area contributed by atoms with Crippen molar-refractivity contribution in [2.75, 3.05) is 6.54 Å². The molecule has 3 nitrogen and oxygen atoms in total. The maximum atomic E-state index is 12.8. The lowest BCUT2D eigenvalue weighted by Gasteiger charge is -2.30. The molecule has 1 amide bonds. The minimum atomic E-state index is -0.295. The third-order valence-corrected chi connectivity index (χ3v) is 6.79. The fourth-order valence-corrected chi connectivity index (χ4v) is 5.34. The van der Waals surface area contributed by atoms with E-state index < -0.39 is 0 Å². The predicted octanol–water partition coefficient (Wildman–Crippen LogP) is 5.89. The van der Waals surface area contributed by atoms with Gasteiger partial charge in [-0.2, -0.15) is 0 Å². The SMILES string of the molecule is C[C@]12CN(C(=O)OCc3ccccc3)C=C[C@@]1(c1ccccc1)[C@@H]2c1ccccc1. The number of allylic oxidation sites excluding steroid dienone is 1. The molecule has 0 bridgehead atoms. The summed E-state index contributed by atoms with van der Waals surface area (Å²) in [6.45, 7) is 3.21. The van der Waals surface area contributed by atoms with Crippen molar-refractivity contribution in [2.45, 2.75) is 24.9 Å². The van der Waals surface area contributed by atoms with Gasteiger partial charge in [0.25, 0.3) is 0 Å². The molecule has 1 aliphatic heterocycles. The Hall–Kier alpha value is -3.33. The lowest BCUT2D eigenvalue weighted by molar-refractivity contribution is 0.102. The summed E-state index contributed by atoms with van der Waals surface area (Å²) in [5, 5.41) is 0. The van der Waals surface area contributed by atoms with Crippen molar-refractivity contribution < 1.29 is 9.53 Å². The van der Waals surface area contributed by atoms with E-state index >= 15 is 0 Å². The van der Waals surface area contributed by atoms with E-state index in [2.05, 4.69) is 73.7 Å². The van der Waals surface area contributed by atoms with Gasteiger partial charge in [0.1, 0.15) is 6.61 Å². The highest BCUT2D eigenvalue weighted by Crippen LogP contribution is 2.76. The average Bonchev–Trinajstić information content (AvgIpc) is 3.39. The number of carbonyl (C=O) groups is 1. The lowest BCUT2D eigenvalue weighted by atomic mass is 9.84. The molecule has 0 saturated heterocycles. The summed E-state index contributed by atoms with van der Waals surface area (Å²) >= 11 is 0. The summed E-state index contributed by atoms with van der Waals surface area (Å²) in [6, 6.07) is 31.1. The predicted molar refractivity (Wildman–Crippen MR) is 118 cm³/mol. The van der Waals surface area contributed by atoms with Crippen LogP contribution < -0.4 is 0 Å². The molecular formula is C27H25NO2. The van der Waals surface area contributed by atoms with E-state index in [1.54, 1.807) is 4.90 Å². The second-order valence-corrected chi connectivity index (χ2v) is 8.48. The van der Waals surface area contributed by atoms with Crippen LogP contribution in [-0.2, 0) is 16.8 Å². The molecule has 5 rings (SSSR count). The van der Waals surface area contributed by atoms with E-state index in [9.17, 15) is 4.79 Å². The van der Waals surface area contributed by atoms with Gasteiger partial charge < -0.3 is 4.74 Å². The minimum absolute atomic E-state index is 0.0871. The van der Waals surface area contributed by atoms with Crippen LogP contribution in [0.25, 0.3) is 0 Å². The molecule has 3 atom stereocenters. The minimum Gasteiger partial charge on any atom is -0.444 e. The van der Waals surface area contributed by atoms with Crippen molar-refractivity contribution in [2.24, 2.45) is 5.41 Å². The first-order valence-electron chi connectivity index (χ1n) is 10.4. The molecule has 0 N–H and O–H groups in total. The molecule has 1 aliphatic carbocycles. The number of nitrogens with zero attached hydrogens (tertiary/aromatic N) is 1. The summed E-state index contributed by atoms with van der Waals surface area (Å²) in [6.07, 6.45) is 3.84. The van der Waals surface area contributed by atoms with Gasteiger partial charge in [0.2, 0.25) is 0 Å². The van der Waals surface area contributed by atoms with Crippen LogP contribution >= 0.6 is 0 Å². The zero-order valence-corrected chi connectivity index (χ0v) is 17.1. The second kappa shape index (κ2) is 7.17. The third kappa shape index (κ3) is 2.85. The molecule has 0 radical (unpaired) electrons. The molecule has 0 aromatic heterocycles. The Morgan fingerprint density at radius 2 is 1.53 bits per heavy atom. The van der Waals surface area contributed by atoms with Gasteiger partial charge in [0.05, 0.1) is 0 Å². The van der Waals surface area contributed by atoms with E-state index in [1.165, 1.54) is 11.1 Å². The highest BCUT2D eigenvalue weighted by atomic mass is 16.6. The van der Waals surface area contributed by atoms with Crippen molar-refractivity contribution >= 4 is 6.09 Å². The second-order valence-electron chi connectivity index (χ2n) is 8.48. The topological polar surface area (TPSA) is 29.5 Å². The van der Waals surface area contributed by atoms with Crippen molar-refractivity contribution in [3.05, 3.63) is 120 Å². The monoisotopic (exact) mass is 395 g/mol. The van der Waals surface area contributed by atoms with Crippen LogP contribution in [0.5, 0.6) is 0 Å². The Morgan fingerprint density at radius 1 is 0.933 bits per heavy atom. The summed E-state index contributed by atoms with van der Waals surface area (Å²) in [5.41, 5.74) is 3.41. The van der Waals surface area contributed by atoms with E-state index in [1.807, 2.05) is 36.5 Å². The first kappa shape index (κ1) is 18.7. The number of rotatable bonds is 4. The van der Waals surface area contributed by atoms with E-state index in [-0.39, 0.29) is 23.5 Å². The molecule has 0 unspecified atom stereocenters. The molecule has 3 aromatic rings. The van der Waals surface area contributed by atoms with Crippen LogP contribution in [0.15, 0.2) is 103 Å². The number of hydrogen-bond donors (Lipinski definition) is 0. The largest absolute Gasteiger partial charge is 0.444 e. The Bertz CT molecular complexity index is 1060. The standard InChI is InChI=1S/C27H25NO2/c1-26-20-28(25(29)30-19-21-11-5-2-6-12-21)18-17-27(26,23-15-9-4-10-16-23)24(26)22-13-7-3-8-14-22/h2-18,24H,19-20H2,1H3/t24-,26-,27-/m1/s1. The van der Waals surface area contributed by atoms with Crippen molar-refractivity contribution in [1.29, 1.82) is 0 Å². The summed E-state index contributed by atoms with van der Waals surface area (Å²) in [5.74, 6) is 0.316. The van der Waals surface area contributed by atoms with Crippen LogP contribution in [0.2, 0.25) is 0 Å². The van der Waals surface area contributed by atoms with Gasteiger partial charge in [-0.25, -0.2) is 4.79 Å². The van der Waals surface area contributed by atoms with Crippen molar-refractivity contribution in [3.8, 4) is 0 Å². The molecule has 3 aromatic carbocycles. The van der Waals surface area contributed by atoms with Gasteiger partial charge in [-0.05, 0) is 16.7 Å². The molecule has 3 heteroatoms. The average molecular weight is 396 g/mol. The number of fused-ring (bicyclic) bond motifs is 1. The third-order valence-electron chi connectivity index (χ3n) is 6.79. The number of ether oxygens (including phenoxy) is 1. The van der Waals surface area contributed by atoms with Gasteiger partial charge in [-0.1, -0.05) is 104 Å². The number of hydrogen-bond acceptors (Lipinski definition) is 2. The van der Waals surface area contributed by atoms with Crippen LogP contribution in [0, 0.1) is 5.41 Å². The maximum Gasteiger partial charge on any atom is 0.414 e. The number of carbonyl (C=O) groups excluding carboxylic acids is 1. The molecule has 150 valence electrons. The first-order chi connectivity index (χ1) is 14.6. The maximum absolute atomic E-state index is 12.8. The molecule has 0 spiro atoms. The lowest BCUT2D eigenvalue weighted by Crippen LogP contribution is -2.37. The Kier molecular flexibility index (Phi) is 4.47. The van der Waals surface area contributed by atoms with Gasteiger partial charge in [0, 0.05) is 29.5 Å². The quantitative estimate of drug-likeness (QED) is 0.551. The Labute approximate surface area is 177 Å². The normalized spacial score (nSPS) is 26.7. The molecule has 1 fully saturated rings. The van der Waals surface area contributed by atoms with E-state index in [0.717, 1.165) is 5.56 Å². The van der Waals surface area contributed by atoms with Gasteiger partial charge in [0.15, 0.2) is 0 Å². The number of benzene rings is 3. The first-order valence-corrected chi connectivity index (χ1v) is 10.4. The summed E-state index contributed by atoms with van der Waals surface area (Å²) in [4.78, 5) is 14.5. The van der Waals surface area contributed by atoms with E-state index in [0.29, 0.717) is 12.5 Å². The Morgan fingerprint density at radius 3 is 2.20 bits per heavy atom. The fourth-order valence-electron chi connectivity index (χ4n) is 5.34. The number of amides is 1. The summed E-state index contributed by atoms with van der Waals surface area (Å²) < 4.78 is 5.59.